The lowest BCUT2D eigenvalue weighted by Gasteiger charge is -2.01. The Morgan fingerprint density at radius 2 is 2.00 bits per heavy atom. The Labute approximate surface area is 77.9 Å². The normalized spacial score (nSPS) is 10.7. The van der Waals surface area contributed by atoms with Crippen LogP contribution in [0.4, 0.5) is 14.5 Å². The molecular weight excluding hydrogens is 204 g/mol. The van der Waals surface area contributed by atoms with Gasteiger partial charge in [-0.15, -0.1) is 0 Å². The monoisotopic (exact) mass is 209 g/mol. The number of benzene rings is 1. The van der Waals surface area contributed by atoms with E-state index in [4.69, 9.17) is 17.3 Å². The minimum atomic E-state index is -2.44. The SMILES string of the molecule is Nc1cc(Cl)cc(SC(F)F)c1. The zero-order valence-electron chi connectivity index (χ0n) is 5.93. The van der Waals surface area contributed by atoms with Gasteiger partial charge in [0.25, 0.3) is 5.76 Å². The summed E-state index contributed by atoms with van der Waals surface area (Å²) in [4.78, 5) is 0.384. The van der Waals surface area contributed by atoms with Crippen LogP contribution in [0.2, 0.25) is 5.02 Å². The quantitative estimate of drug-likeness (QED) is 0.598. The summed E-state index contributed by atoms with van der Waals surface area (Å²) in [6, 6.07) is 4.43. The van der Waals surface area contributed by atoms with E-state index < -0.39 is 5.76 Å². The largest absolute Gasteiger partial charge is 0.399 e. The molecule has 0 saturated carbocycles. The van der Waals surface area contributed by atoms with Crippen LogP contribution < -0.4 is 5.73 Å². The molecule has 0 fully saturated rings. The Morgan fingerprint density at radius 3 is 2.50 bits per heavy atom. The molecule has 0 bridgehead atoms. The zero-order valence-corrected chi connectivity index (χ0v) is 7.50. The highest BCUT2D eigenvalue weighted by Crippen LogP contribution is 2.29. The molecule has 5 heteroatoms. The molecule has 0 aromatic heterocycles. The molecule has 1 aromatic rings. The molecule has 0 aliphatic carbocycles. The van der Waals surface area contributed by atoms with Gasteiger partial charge in [0, 0.05) is 15.6 Å². The van der Waals surface area contributed by atoms with Crippen LogP contribution >= 0.6 is 23.4 Å². The predicted molar refractivity (Wildman–Crippen MR) is 47.7 cm³/mol. The van der Waals surface area contributed by atoms with Crippen LogP contribution in [0.15, 0.2) is 23.1 Å². The number of alkyl halides is 2. The molecule has 2 N–H and O–H groups in total. The lowest BCUT2D eigenvalue weighted by molar-refractivity contribution is 0.252. The third kappa shape index (κ3) is 2.87. The first-order valence-corrected chi connectivity index (χ1v) is 4.34. The van der Waals surface area contributed by atoms with Crippen molar-refractivity contribution in [3.63, 3.8) is 0 Å². The van der Waals surface area contributed by atoms with Gasteiger partial charge < -0.3 is 5.73 Å². The van der Waals surface area contributed by atoms with Crippen molar-refractivity contribution in [1.29, 1.82) is 0 Å². The van der Waals surface area contributed by atoms with Crippen LogP contribution in [0.25, 0.3) is 0 Å². The maximum absolute atomic E-state index is 11.9. The summed E-state index contributed by atoms with van der Waals surface area (Å²) in [6.45, 7) is 0. The van der Waals surface area contributed by atoms with E-state index in [1.54, 1.807) is 0 Å². The van der Waals surface area contributed by atoms with Gasteiger partial charge in [-0.25, -0.2) is 0 Å². The second kappa shape index (κ2) is 3.96. The number of nitrogen functional groups attached to an aromatic ring is 1. The number of hydrogen-bond acceptors (Lipinski definition) is 2. The van der Waals surface area contributed by atoms with Crippen LogP contribution in [0.1, 0.15) is 0 Å². The highest BCUT2D eigenvalue weighted by molar-refractivity contribution is 7.99. The number of nitrogens with two attached hydrogens (primary N) is 1. The summed E-state index contributed by atoms with van der Waals surface area (Å²) in [5.41, 5.74) is 5.79. The van der Waals surface area contributed by atoms with Gasteiger partial charge in [0.1, 0.15) is 0 Å². The van der Waals surface area contributed by atoms with Gasteiger partial charge in [0.2, 0.25) is 0 Å². The van der Waals surface area contributed by atoms with Gasteiger partial charge in [-0.2, -0.15) is 8.78 Å². The molecule has 0 saturated heterocycles. The summed E-state index contributed by atoms with van der Waals surface area (Å²) in [6.07, 6.45) is 0. The van der Waals surface area contributed by atoms with Crippen LogP contribution in [0.3, 0.4) is 0 Å². The Balaban J connectivity index is 2.85. The first-order valence-electron chi connectivity index (χ1n) is 3.09. The first kappa shape index (κ1) is 9.61. The number of halogens is 3. The average Bonchev–Trinajstić information content (AvgIpc) is 1.81. The minimum Gasteiger partial charge on any atom is -0.399 e. The molecule has 0 atom stereocenters. The van der Waals surface area contributed by atoms with Gasteiger partial charge in [-0.3, -0.25) is 0 Å². The van der Waals surface area contributed by atoms with E-state index in [-0.39, 0.29) is 0 Å². The Bertz CT molecular complexity index is 260. The topological polar surface area (TPSA) is 26.0 Å². The van der Waals surface area contributed by atoms with Crippen LogP contribution in [-0.4, -0.2) is 5.76 Å². The number of rotatable bonds is 2. The summed E-state index contributed by atoms with van der Waals surface area (Å²) >= 11 is 6.02. The van der Waals surface area contributed by atoms with Crippen molar-refractivity contribution >= 4 is 29.1 Å². The number of anilines is 1. The van der Waals surface area contributed by atoms with Crippen LogP contribution in [-0.2, 0) is 0 Å². The second-order valence-electron chi connectivity index (χ2n) is 2.10. The number of hydrogen-bond donors (Lipinski definition) is 1. The molecule has 1 aromatic carbocycles. The second-order valence-corrected chi connectivity index (χ2v) is 3.60. The van der Waals surface area contributed by atoms with Gasteiger partial charge in [-0.1, -0.05) is 23.4 Å². The maximum Gasteiger partial charge on any atom is 0.288 e. The highest BCUT2D eigenvalue weighted by Gasteiger charge is 2.06. The molecule has 66 valence electrons. The van der Waals surface area contributed by atoms with Crippen molar-refractivity contribution in [1.82, 2.24) is 0 Å². The fraction of sp³-hybridized carbons (Fsp3) is 0.143. The maximum atomic E-state index is 11.9. The van der Waals surface area contributed by atoms with E-state index >= 15 is 0 Å². The lowest BCUT2D eigenvalue weighted by atomic mass is 10.3. The van der Waals surface area contributed by atoms with Crippen molar-refractivity contribution in [3.05, 3.63) is 23.2 Å². The Hall–Kier alpha value is -0.480. The predicted octanol–water partition coefficient (Wildman–Crippen LogP) is 3.24. The third-order valence-electron chi connectivity index (χ3n) is 1.12. The van der Waals surface area contributed by atoms with E-state index in [1.165, 1.54) is 18.2 Å². The van der Waals surface area contributed by atoms with E-state index in [0.717, 1.165) is 0 Å². The standard InChI is InChI=1S/C7H6ClF2NS/c8-4-1-5(11)3-6(2-4)12-7(9)10/h1-3,7H,11H2. The van der Waals surface area contributed by atoms with Crippen molar-refractivity contribution in [2.45, 2.75) is 10.7 Å². The highest BCUT2D eigenvalue weighted by atomic mass is 35.5. The molecule has 0 aliphatic heterocycles. The van der Waals surface area contributed by atoms with Crippen LogP contribution in [0.5, 0.6) is 0 Å². The molecule has 0 unspecified atom stereocenters. The van der Waals surface area contributed by atoms with Gasteiger partial charge in [0.15, 0.2) is 0 Å². The Morgan fingerprint density at radius 1 is 1.33 bits per heavy atom. The van der Waals surface area contributed by atoms with Gasteiger partial charge >= 0.3 is 0 Å². The zero-order chi connectivity index (χ0) is 9.14. The summed E-state index contributed by atoms with van der Waals surface area (Å²) < 4.78 is 23.7. The molecule has 0 aliphatic rings. The van der Waals surface area contributed by atoms with Crippen LogP contribution in [0, 0.1) is 0 Å². The molecule has 0 radical (unpaired) electrons. The summed E-state index contributed by atoms with van der Waals surface area (Å²) in [5.74, 6) is -2.44. The smallest absolute Gasteiger partial charge is 0.288 e. The fourth-order valence-electron chi connectivity index (χ4n) is 0.755. The average molecular weight is 210 g/mol. The first-order chi connectivity index (χ1) is 5.58. The third-order valence-corrected chi connectivity index (χ3v) is 2.02. The van der Waals surface area contributed by atoms with Crippen molar-refractivity contribution in [2.75, 3.05) is 5.73 Å². The fourth-order valence-corrected chi connectivity index (χ4v) is 1.67. The van der Waals surface area contributed by atoms with E-state index in [2.05, 4.69) is 0 Å². The molecule has 1 rings (SSSR count). The summed E-state index contributed by atoms with van der Waals surface area (Å²) in [7, 11) is 0. The molecule has 0 spiro atoms. The van der Waals surface area contributed by atoms with Crippen molar-refractivity contribution in [3.8, 4) is 0 Å². The molecule has 1 nitrogen and oxygen atoms in total. The van der Waals surface area contributed by atoms with Gasteiger partial charge in [0.05, 0.1) is 0 Å². The van der Waals surface area contributed by atoms with Crippen molar-refractivity contribution in [2.24, 2.45) is 0 Å². The lowest BCUT2D eigenvalue weighted by Crippen LogP contribution is -1.87. The Kier molecular flexibility index (Phi) is 3.17. The summed E-state index contributed by atoms with van der Waals surface area (Å²) in [5, 5.41) is 0.373. The van der Waals surface area contributed by atoms with E-state index in [0.29, 0.717) is 27.4 Å². The van der Waals surface area contributed by atoms with Crippen molar-refractivity contribution < 1.29 is 8.78 Å². The minimum absolute atomic E-state index is 0.373. The molecular formula is C7H6ClF2NS. The molecule has 0 heterocycles. The molecule has 12 heavy (non-hydrogen) atoms. The molecule has 0 amide bonds. The van der Waals surface area contributed by atoms with E-state index in [9.17, 15) is 8.78 Å². The van der Waals surface area contributed by atoms with E-state index in [1.807, 2.05) is 0 Å². The van der Waals surface area contributed by atoms with Gasteiger partial charge in [-0.05, 0) is 18.2 Å². The number of thioether (sulfide) groups is 1.